The fourth-order valence-electron chi connectivity index (χ4n) is 10.1. The summed E-state index contributed by atoms with van der Waals surface area (Å²) in [5.41, 5.74) is 9.75. The smallest absolute Gasteiger partial charge is 0.407 e. The van der Waals surface area contributed by atoms with Crippen LogP contribution in [-0.4, -0.2) is 100 Å². The van der Waals surface area contributed by atoms with Crippen molar-refractivity contribution in [2.45, 2.75) is 89.7 Å². The summed E-state index contributed by atoms with van der Waals surface area (Å²) in [6.45, 7) is 7.18. The monoisotopic (exact) mass is 884 g/mol. The number of likely N-dealkylation sites (tertiary alicyclic amines) is 2. The van der Waals surface area contributed by atoms with E-state index >= 15 is 0 Å². The number of alkyl carbamates (subject to hydrolysis) is 2. The molecule has 4 aliphatic rings. The maximum Gasteiger partial charge on any atom is 0.407 e. The minimum Gasteiger partial charge on any atom is -0.488 e. The number of rotatable bonds is 11. The molecule has 5 heterocycles. The first kappa shape index (κ1) is 43.6. The van der Waals surface area contributed by atoms with Crippen LogP contribution in [0, 0.1) is 11.8 Å². The molecule has 2 aromatic heterocycles. The lowest BCUT2D eigenvalue weighted by atomic mass is 9.86. The number of carbonyl (C=O) groups is 4. The molecule has 4 N–H and O–H groups in total. The van der Waals surface area contributed by atoms with Crippen molar-refractivity contribution in [3.05, 3.63) is 101 Å². The van der Waals surface area contributed by atoms with Gasteiger partial charge in [0.15, 0.2) is 0 Å². The molecule has 0 bridgehead atoms. The van der Waals surface area contributed by atoms with E-state index in [2.05, 4.69) is 50.9 Å². The van der Waals surface area contributed by atoms with Gasteiger partial charge in [0.1, 0.15) is 36.1 Å². The van der Waals surface area contributed by atoms with Gasteiger partial charge in [0, 0.05) is 36.7 Å². The molecule has 16 nitrogen and oxygen atoms in total. The van der Waals surface area contributed by atoms with E-state index in [9.17, 15) is 19.2 Å². The zero-order valence-electron chi connectivity index (χ0n) is 37.6. The Hall–Kier alpha value is -6.68. The number of ether oxygens (including phenoxy) is 4. The van der Waals surface area contributed by atoms with Gasteiger partial charge in [-0.2, -0.15) is 0 Å². The molecular formula is C49H56N8O8. The summed E-state index contributed by atoms with van der Waals surface area (Å²) in [5.74, 6) is 1.75. The molecule has 2 fully saturated rings. The number of fused-ring (bicyclic) bond motifs is 6. The quantitative estimate of drug-likeness (QED) is 0.106. The van der Waals surface area contributed by atoms with Crippen LogP contribution in [-0.2, 0) is 43.2 Å². The van der Waals surface area contributed by atoms with Gasteiger partial charge in [-0.05, 0) is 91.0 Å². The Balaban J connectivity index is 0.955. The number of carbonyl (C=O) groups excluding carboxylic acids is 4. The largest absolute Gasteiger partial charge is 0.488 e. The Morgan fingerprint density at radius 2 is 1.63 bits per heavy atom. The maximum absolute atomic E-state index is 14.3. The van der Waals surface area contributed by atoms with Gasteiger partial charge in [-0.1, -0.05) is 56.3 Å². The SMILES string of the molecule is COC[C@H]1C[C@@H](c2ncc(-c3ccc4c(c3)COc3cc5c(cc3-4)CCc3nc([C@@H]4CC[C@H](C)N4C(=O)C(NC(=O)OC)C(C)C)[nH]c3-5)[nH]2)N(C(=O)C(NC(=O)OC)c2ccccc2)C1. The maximum atomic E-state index is 14.3. The van der Waals surface area contributed by atoms with Crippen LogP contribution in [0.1, 0.15) is 92.2 Å². The van der Waals surface area contributed by atoms with Crippen molar-refractivity contribution in [3.63, 3.8) is 0 Å². The summed E-state index contributed by atoms with van der Waals surface area (Å²) in [6, 6.07) is 17.6. The summed E-state index contributed by atoms with van der Waals surface area (Å²) < 4.78 is 21.7. The van der Waals surface area contributed by atoms with Crippen LogP contribution >= 0.6 is 0 Å². The molecule has 0 spiro atoms. The van der Waals surface area contributed by atoms with Crippen molar-refractivity contribution in [2.75, 3.05) is 34.5 Å². The fourth-order valence-corrected chi connectivity index (χ4v) is 10.1. The summed E-state index contributed by atoms with van der Waals surface area (Å²) in [4.78, 5) is 73.7. The lowest BCUT2D eigenvalue weighted by molar-refractivity contribution is -0.137. The first-order valence-electron chi connectivity index (χ1n) is 22.4. The van der Waals surface area contributed by atoms with E-state index < -0.39 is 24.3 Å². The summed E-state index contributed by atoms with van der Waals surface area (Å²) >= 11 is 0. The fraction of sp³-hybridized carbons (Fsp3) is 0.429. The van der Waals surface area contributed by atoms with Gasteiger partial charge in [0.2, 0.25) is 5.91 Å². The number of benzene rings is 3. The number of imidazole rings is 2. The number of hydrogen-bond donors (Lipinski definition) is 4. The van der Waals surface area contributed by atoms with E-state index in [-0.39, 0.29) is 41.8 Å². The number of methoxy groups -OCH3 is 3. The van der Waals surface area contributed by atoms with Crippen LogP contribution in [0.25, 0.3) is 33.6 Å². The summed E-state index contributed by atoms with van der Waals surface area (Å²) in [6.07, 6.45) is 4.28. The highest BCUT2D eigenvalue weighted by Gasteiger charge is 2.43. The van der Waals surface area contributed by atoms with Gasteiger partial charge in [0.05, 0.1) is 56.2 Å². The second kappa shape index (κ2) is 18.1. The average Bonchev–Trinajstić information content (AvgIpc) is 4.15. The highest BCUT2D eigenvalue weighted by Crippen LogP contribution is 2.46. The van der Waals surface area contributed by atoms with Crippen molar-refractivity contribution < 1.29 is 38.1 Å². The Kier molecular flexibility index (Phi) is 12.1. The van der Waals surface area contributed by atoms with E-state index in [0.29, 0.717) is 37.6 Å². The van der Waals surface area contributed by atoms with E-state index in [1.54, 1.807) is 18.2 Å². The molecule has 3 aliphatic heterocycles. The van der Waals surface area contributed by atoms with Crippen molar-refractivity contribution in [3.8, 4) is 39.4 Å². The van der Waals surface area contributed by atoms with Crippen molar-refractivity contribution in [1.29, 1.82) is 0 Å². The van der Waals surface area contributed by atoms with Crippen molar-refractivity contribution >= 4 is 24.0 Å². The number of nitrogens with zero attached hydrogens (tertiary/aromatic N) is 4. The molecule has 3 aromatic carbocycles. The molecule has 6 atom stereocenters. The lowest BCUT2D eigenvalue weighted by Gasteiger charge is -2.32. The Morgan fingerprint density at radius 1 is 0.846 bits per heavy atom. The van der Waals surface area contributed by atoms with E-state index in [1.165, 1.54) is 19.8 Å². The van der Waals surface area contributed by atoms with Crippen molar-refractivity contribution in [1.82, 2.24) is 40.4 Å². The Bertz CT molecular complexity index is 2610. The number of H-pyrrole nitrogens is 2. The van der Waals surface area contributed by atoms with Crippen LogP contribution in [0.5, 0.6) is 5.75 Å². The number of aromatic nitrogens is 4. The predicted octanol–water partition coefficient (Wildman–Crippen LogP) is 7.19. The van der Waals surface area contributed by atoms with Gasteiger partial charge in [0.25, 0.3) is 5.91 Å². The Labute approximate surface area is 377 Å². The second-order valence-corrected chi connectivity index (χ2v) is 17.9. The topological polar surface area (TPSA) is 193 Å². The van der Waals surface area contributed by atoms with Crippen LogP contribution in [0.4, 0.5) is 9.59 Å². The molecule has 340 valence electrons. The standard InChI is InChI=1S/C49H56N8O8/c1-26(2)41(54-48(60)63-5)47(59)57-27(3)12-17-38(57)45-51-36-16-14-30-20-35-33-15-13-31(19-32(33)25-65-40(35)21-34(30)43(36)53-45)37-22-50-44(52-37)39-18-28(24-62-4)23-56(39)46(58)42(55-49(61)64-6)29-10-8-7-9-11-29/h7-11,13,15,19-22,26-28,38-39,41-42H,12,14,16-18,23-25H2,1-6H3,(H,50,52)(H,51,53)(H,54,60)(H,55,61)/t27-,28-,38-,39-,41?,42?/m0/s1. The molecule has 16 heteroatoms. The molecule has 4 amide bonds. The van der Waals surface area contributed by atoms with Crippen LogP contribution in [0.3, 0.4) is 0 Å². The number of aromatic amines is 2. The minimum atomic E-state index is -0.944. The van der Waals surface area contributed by atoms with Gasteiger partial charge in [-0.15, -0.1) is 0 Å². The molecule has 0 radical (unpaired) electrons. The van der Waals surface area contributed by atoms with Crippen molar-refractivity contribution in [2.24, 2.45) is 11.8 Å². The zero-order chi connectivity index (χ0) is 45.5. The van der Waals surface area contributed by atoms with Gasteiger partial charge >= 0.3 is 12.2 Å². The molecule has 5 aromatic rings. The molecule has 0 saturated carbocycles. The van der Waals surface area contributed by atoms with Crippen LogP contribution < -0.4 is 15.4 Å². The molecule has 1 aliphatic carbocycles. The van der Waals surface area contributed by atoms with E-state index in [0.717, 1.165) is 82.2 Å². The summed E-state index contributed by atoms with van der Waals surface area (Å²) in [5, 5.41) is 5.49. The summed E-state index contributed by atoms with van der Waals surface area (Å²) in [7, 11) is 4.23. The molecular weight excluding hydrogens is 829 g/mol. The third kappa shape index (κ3) is 8.31. The normalized spacial score (nSPS) is 20.5. The predicted molar refractivity (Wildman–Crippen MR) is 240 cm³/mol. The van der Waals surface area contributed by atoms with E-state index in [4.69, 9.17) is 28.9 Å². The lowest BCUT2D eigenvalue weighted by Crippen LogP contribution is -2.52. The number of aryl methyl sites for hydroxylation is 2. The highest BCUT2D eigenvalue weighted by molar-refractivity contribution is 5.88. The highest BCUT2D eigenvalue weighted by atomic mass is 16.5. The van der Waals surface area contributed by atoms with Gasteiger partial charge < -0.3 is 49.3 Å². The zero-order valence-corrected chi connectivity index (χ0v) is 37.6. The third-order valence-electron chi connectivity index (χ3n) is 13.4. The average molecular weight is 885 g/mol. The van der Waals surface area contributed by atoms with Gasteiger partial charge in [-0.3, -0.25) is 9.59 Å². The first-order valence-corrected chi connectivity index (χ1v) is 22.4. The Morgan fingerprint density at radius 3 is 2.38 bits per heavy atom. The van der Waals surface area contributed by atoms with Crippen LogP contribution in [0.2, 0.25) is 0 Å². The molecule has 2 saturated heterocycles. The molecule has 2 unspecified atom stereocenters. The molecule has 65 heavy (non-hydrogen) atoms. The number of nitrogens with one attached hydrogen (secondary N) is 4. The first-order chi connectivity index (χ1) is 31.5. The molecule has 9 rings (SSSR count). The number of amides is 4. The minimum absolute atomic E-state index is 0.0161. The third-order valence-corrected chi connectivity index (χ3v) is 13.4. The number of hydrogen-bond acceptors (Lipinski definition) is 10. The van der Waals surface area contributed by atoms with Crippen LogP contribution in [0.15, 0.2) is 66.9 Å². The van der Waals surface area contributed by atoms with E-state index in [1.807, 2.05) is 56.0 Å². The second-order valence-electron chi connectivity index (χ2n) is 17.9. The van der Waals surface area contributed by atoms with Gasteiger partial charge in [-0.25, -0.2) is 19.6 Å².